The molecular weight excluding hydrogens is 550 g/mol. The van der Waals surface area contributed by atoms with Crippen molar-refractivity contribution in [3.8, 4) is 0 Å². The molecule has 214 valence electrons. The molecule has 5 aromatic rings. The molecule has 1 aliphatic heterocycles. The second kappa shape index (κ2) is 12.8. The van der Waals surface area contributed by atoms with Crippen molar-refractivity contribution in [1.29, 1.82) is 0 Å². The Morgan fingerprint density at radius 1 is 0.976 bits per heavy atom. The molecule has 0 unspecified atom stereocenters. The van der Waals surface area contributed by atoms with Gasteiger partial charge < -0.3 is 24.5 Å². The lowest BCUT2D eigenvalue weighted by Gasteiger charge is -2.36. The van der Waals surface area contributed by atoms with Crippen LogP contribution in [0.3, 0.4) is 0 Å². The molecule has 10 heteroatoms. The number of para-hydroxylation sites is 2. The second-order valence-corrected chi connectivity index (χ2v) is 11.1. The van der Waals surface area contributed by atoms with E-state index in [1.165, 1.54) is 6.20 Å². The topological polar surface area (TPSA) is 111 Å². The van der Waals surface area contributed by atoms with Gasteiger partial charge in [-0.15, -0.1) is 0 Å². The molecule has 0 saturated carbocycles. The lowest BCUT2D eigenvalue weighted by Crippen LogP contribution is -2.31. The molecule has 0 spiro atoms. The zero-order valence-corrected chi connectivity index (χ0v) is 23.9. The molecule has 3 atom stereocenters. The Labute approximate surface area is 247 Å². The molecule has 1 saturated heterocycles. The van der Waals surface area contributed by atoms with Crippen molar-refractivity contribution in [2.75, 3.05) is 5.75 Å². The number of hydrogen-bond donors (Lipinski definition) is 2. The van der Waals surface area contributed by atoms with Crippen LogP contribution in [0.4, 0.5) is 0 Å². The Hall–Kier alpha value is -4.09. The van der Waals surface area contributed by atoms with Crippen molar-refractivity contribution in [1.82, 2.24) is 24.8 Å². The number of aryl methyl sites for hydroxylation is 1. The lowest BCUT2D eigenvalue weighted by atomic mass is 10.0. The van der Waals surface area contributed by atoms with Gasteiger partial charge in [0.25, 0.3) is 5.91 Å². The van der Waals surface area contributed by atoms with Gasteiger partial charge in [-0.05, 0) is 28.8 Å². The van der Waals surface area contributed by atoms with Crippen LogP contribution in [0.15, 0.2) is 96.5 Å². The smallest absolute Gasteiger partial charge is 0.271 e. The third-order valence-electron chi connectivity index (χ3n) is 7.18. The number of fused-ring (bicyclic) bond motifs is 1. The molecule has 6 rings (SSSR count). The van der Waals surface area contributed by atoms with Gasteiger partial charge in [0.2, 0.25) is 0 Å². The highest BCUT2D eigenvalue weighted by Crippen LogP contribution is 2.39. The summed E-state index contributed by atoms with van der Waals surface area (Å²) in [5, 5.41) is 13.3. The van der Waals surface area contributed by atoms with E-state index in [2.05, 4.69) is 20.3 Å². The van der Waals surface area contributed by atoms with Crippen LogP contribution in [0.25, 0.3) is 11.0 Å². The molecule has 0 radical (unpaired) electrons. The summed E-state index contributed by atoms with van der Waals surface area (Å²) >= 11 is 1.66. The highest BCUT2D eigenvalue weighted by molar-refractivity contribution is 7.99. The number of aliphatic hydroxyl groups excluding tert-OH is 1. The van der Waals surface area contributed by atoms with Gasteiger partial charge in [-0.25, -0.2) is 9.97 Å². The molecule has 2 N–H and O–H groups in total. The van der Waals surface area contributed by atoms with Gasteiger partial charge in [0.1, 0.15) is 5.69 Å². The largest absolute Gasteiger partial charge is 0.392 e. The summed E-state index contributed by atoms with van der Waals surface area (Å²) in [5.74, 6) is 0.456. The van der Waals surface area contributed by atoms with Gasteiger partial charge in [-0.1, -0.05) is 72.4 Å². The van der Waals surface area contributed by atoms with Crippen LogP contribution in [0.1, 0.15) is 51.6 Å². The Morgan fingerprint density at radius 2 is 1.71 bits per heavy atom. The standard InChI is InChI=1S/C32H31N5O4S/c1-37-15-14-33-32(37)42-20-25-16-29(23-10-8-22(19-38)9-11-23)41-31(40-25)24-12-6-21(7-13-24)17-35-30(39)28-18-34-26-4-2-3-5-27(26)36-28/h2-15,18,25,29,31,38H,16-17,19-20H2,1H3,(H,35,39)/t25-,29+,31+/m0/s1. The van der Waals surface area contributed by atoms with Gasteiger partial charge in [0.15, 0.2) is 11.4 Å². The summed E-state index contributed by atoms with van der Waals surface area (Å²) in [7, 11) is 1.98. The summed E-state index contributed by atoms with van der Waals surface area (Å²) in [6.07, 6.45) is 5.15. The van der Waals surface area contributed by atoms with E-state index < -0.39 is 6.29 Å². The first-order chi connectivity index (χ1) is 20.6. The van der Waals surface area contributed by atoms with Crippen LogP contribution in [0.2, 0.25) is 0 Å². The van der Waals surface area contributed by atoms with Gasteiger partial charge in [0.05, 0.1) is 36.0 Å². The Morgan fingerprint density at radius 3 is 2.45 bits per heavy atom. The monoisotopic (exact) mass is 581 g/mol. The number of carbonyl (C=O) groups excluding carboxylic acids is 1. The number of benzene rings is 3. The highest BCUT2D eigenvalue weighted by Gasteiger charge is 2.32. The minimum Gasteiger partial charge on any atom is -0.392 e. The predicted octanol–water partition coefficient (Wildman–Crippen LogP) is 5.12. The third-order valence-corrected chi connectivity index (χ3v) is 8.37. The molecule has 3 heterocycles. The molecule has 2 aromatic heterocycles. The van der Waals surface area contributed by atoms with Gasteiger partial charge in [-0.2, -0.15) is 0 Å². The summed E-state index contributed by atoms with van der Waals surface area (Å²) < 4.78 is 14.9. The minimum absolute atomic E-state index is 0.00291. The number of nitrogens with zero attached hydrogens (tertiary/aromatic N) is 4. The number of imidazole rings is 1. The van der Waals surface area contributed by atoms with Crippen LogP contribution < -0.4 is 5.32 Å². The zero-order chi connectivity index (χ0) is 28.9. The van der Waals surface area contributed by atoms with Crippen molar-refractivity contribution in [2.24, 2.45) is 7.05 Å². The van der Waals surface area contributed by atoms with Crippen LogP contribution in [0, 0.1) is 0 Å². The molecule has 42 heavy (non-hydrogen) atoms. The molecule has 1 fully saturated rings. The minimum atomic E-state index is -0.551. The number of amides is 1. The van der Waals surface area contributed by atoms with Crippen molar-refractivity contribution < 1.29 is 19.4 Å². The van der Waals surface area contributed by atoms with E-state index in [0.717, 1.165) is 38.7 Å². The van der Waals surface area contributed by atoms with Crippen molar-refractivity contribution in [3.63, 3.8) is 0 Å². The summed E-state index contributed by atoms with van der Waals surface area (Å²) in [6, 6.07) is 23.2. The third kappa shape index (κ3) is 6.52. The molecule has 1 amide bonds. The normalized spacial score (nSPS) is 18.7. The van der Waals surface area contributed by atoms with E-state index in [1.54, 1.807) is 18.0 Å². The first-order valence-corrected chi connectivity index (χ1v) is 14.7. The SMILES string of the molecule is Cn1ccnc1SC[C@@H]1C[C@H](c2ccc(CO)cc2)O[C@H](c2ccc(CNC(=O)c3cnc4ccccc4n3)cc2)O1. The number of nitrogens with one attached hydrogen (secondary N) is 1. The van der Waals surface area contributed by atoms with Gasteiger partial charge in [-0.3, -0.25) is 9.78 Å². The molecule has 9 nitrogen and oxygen atoms in total. The number of ether oxygens (including phenoxy) is 2. The lowest BCUT2D eigenvalue weighted by molar-refractivity contribution is -0.245. The number of thioether (sulfide) groups is 1. The molecule has 3 aromatic carbocycles. The van der Waals surface area contributed by atoms with Crippen LogP contribution in [0.5, 0.6) is 0 Å². The average molecular weight is 582 g/mol. The van der Waals surface area contributed by atoms with Crippen LogP contribution in [-0.4, -0.2) is 42.4 Å². The maximum atomic E-state index is 12.7. The molecule has 1 aliphatic rings. The fourth-order valence-electron chi connectivity index (χ4n) is 4.81. The quantitative estimate of drug-likeness (QED) is 0.231. The maximum Gasteiger partial charge on any atom is 0.271 e. The number of rotatable bonds is 9. The summed E-state index contributed by atoms with van der Waals surface area (Å²) in [6.45, 7) is 0.353. The Balaban J connectivity index is 1.13. The summed E-state index contributed by atoms with van der Waals surface area (Å²) in [4.78, 5) is 25.9. The Kier molecular flexibility index (Phi) is 8.57. The number of carbonyl (C=O) groups is 1. The highest BCUT2D eigenvalue weighted by atomic mass is 32.2. The number of aromatic nitrogens is 4. The van der Waals surface area contributed by atoms with E-state index in [9.17, 15) is 9.90 Å². The van der Waals surface area contributed by atoms with E-state index in [-0.39, 0.29) is 30.4 Å². The van der Waals surface area contributed by atoms with E-state index in [4.69, 9.17) is 9.47 Å². The van der Waals surface area contributed by atoms with Gasteiger partial charge in [0, 0.05) is 43.7 Å². The number of hydrogen-bond acceptors (Lipinski definition) is 8. The number of aliphatic hydroxyl groups is 1. The van der Waals surface area contributed by atoms with Crippen LogP contribution in [-0.2, 0) is 29.7 Å². The van der Waals surface area contributed by atoms with Crippen LogP contribution >= 0.6 is 11.8 Å². The molecular formula is C32H31N5O4S. The zero-order valence-electron chi connectivity index (χ0n) is 23.1. The average Bonchev–Trinajstić information content (AvgIpc) is 3.46. The van der Waals surface area contributed by atoms with E-state index in [0.29, 0.717) is 18.5 Å². The van der Waals surface area contributed by atoms with E-state index >= 15 is 0 Å². The summed E-state index contributed by atoms with van der Waals surface area (Å²) in [5.41, 5.74) is 5.45. The fourth-order valence-corrected chi connectivity index (χ4v) is 5.76. The molecule has 0 aliphatic carbocycles. The predicted molar refractivity (Wildman–Crippen MR) is 160 cm³/mol. The Bertz CT molecular complexity index is 1660. The fraction of sp³-hybridized carbons (Fsp3) is 0.250. The van der Waals surface area contributed by atoms with Gasteiger partial charge >= 0.3 is 0 Å². The second-order valence-electron chi connectivity index (χ2n) is 10.2. The van der Waals surface area contributed by atoms with Crippen molar-refractivity contribution in [3.05, 3.63) is 119 Å². The maximum absolute atomic E-state index is 12.7. The van der Waals surface area contributed by atoms with Crippen molar-refractivity contribution in [2.45, 2.75) is 43.2 Å². The first-order valence-electron chi connectivity index (χ1n) is 13.8. The first kappa shape index (κ1) is 28.0. The molecule has 0 bridgehead atoms. The van der Waals surface area contributed by atoms with Crippen molar-refractivity contribution >= 4 is 28.7 Å². The van der Waals surface area contributed by atoms with E-state index in [1.807, 2.05) is 90.6 Å².